The van der Waals surface area contributed by atoms with Crippen LogP contribution in [0.15, 0.2) is 18.7 Å². The number of likely N-dealkylation sites (N-methyl/N-ethyl adjacent to an activating group) is 1. The zero-order valence-corrected chi connectivity index (χ0v) is 10.3. The minimum absolute atomic E-state index is 0.850. The summed E-state index contributed by atoms with van der Waals surface area (Å²) in [6.45, 7) is 6.36. The molecular formula is C12H22N4. The normalized spacial score (nSPS) is 10.9. The van der Waals surface area contributed by atoms with E-state index in [4.69, 9.17) is 0 Å². The van der Waals surface area contributed by atoms with Gasteiger partial charge in [-0.25, -0.2) is 9.97 Å². The fourth-order valence-electron chi connectivity index (χ4n) is 1.46. The maximum absolute atomic E-state index is 3.98. The molecule has 0 bridgehead atoms. The summed E-state index contributed by atoms with van der Waals surface area (Å²) >= 11 is 0. The number of nitrogens with one attached hydrogen (secondary N) is 1. The molecule has 1 heterocycles. The largest absolute Gasteiger partial charge is 0.311 e. The molecule has 0 unspecified atom stereocenters. The molecule has 4 nitrogen and oxygen atoms in total. The minimum atomic E-state index is 0.850. The summed E-state index contributed by atoms with van der Waals surface area (Å²) in [7, 11) is 2.17. The first-order chi connectivity index (χ1) is 7.83. The quantitative estimate of drug-likeness (QED) is 0.673. The number of rotatable bonds is 8. The predicted molar refractivity (Wildman–Crippen MR) is 66.1 cm³/mol. The smallest absolute Gasteiger partial charge is 0.115 e. The van der Waals surface area contributed by atoms with Crippen LogP contribution in [-0.4, -0.2) is 41.5 Å². The Morgan fingerprint density at radius 2 is 2.00 bits per heavy atom. The number of aromatic nitrogens is 2. The van der Waals surface area contributed by atoms with Gasteiger partial charge in [0.05, 0.1) is 0 Å². The van der Waals surface area contributed by atoms with Crippen LogP contribution in [0.2, 0.25) is 0 Å². The van der Waals surface area contributed by atoms with Crippen LogP contribution in [0.5, 0.6) is 0 Å². The zero-order chi connectivity index (χ0) is 11.6. The van der Waals surface area contributed by atoms with Gasteiger partial charge in [0.2, 0.25) is 0 Å². The molecule has 0 aliphatic heterocycles. The lowest BCUT2D eigenvalue weighted by Gasteiger charge is -2.16. The third kappa shape index (κ3) is 5.78. The Hall–Kier alpha value is -1.00. The van der Waals surface area contributed by atoms with E-state index in [0.29, 0.717) is 0 Å². The van der Waals surface area contributed by atoms with E-state index in [1.165, 1.54) is 19.4 Å². The summed E-state index contributed by atoms with van der Waals surface area (Å²) in [6, 6.07) is 0. The molecule has 1 aromatic heterocycles. The Bertz CT molecular complexity index is 263. The first-order valence-electron chi connectivity index (χ1n) is 5.96. The SMILES string of the molecule is CCCCN(C)CCNCc1cncnc1. The van der Waals surface area contributed by atoms with E-state index >= 15 is 0 Å². The van der Waals surface area contributed by atoms with Crippen molar-refractivity contribution in [1.82, 2.24) is 20.2 Å². The lowest BCUT2D eigenvalue weighted by molar-refractivity contribution is 0.325. The van der Waals surface area contributed by atoms with Crippen LogP contribution in [0.1, 0.15) is 25.3 Å². The molecule has 0 spiro atoms. The molecule has 1 rings (SSSR count). The minimum Gasteiger partial charge on any atom is -0.311 e. The van der Waals surface area contributed by atoms with Crippen molar-refractivity contribution in [2.75, 3.05) is 26.7 Å². The molecule has 0 saturated carbocycles. The molecule has 0 radical (unpaired) electrons. The molecule has 0 aromatic carbocycles. The molecule has 0 aliphatic rings. The van der Waals surface area contributed by atoms with E-state index in [2.05, 4.69) is 34.2 Å². The van der Waals surface area contributed by atoms with Crippen LogP contribution in [-0.2, 0) is 6.54 Å². The summed E-state index contributed by atoms with van der Waals surface area (Å²) in [5.41, 5.74) is 1.14. The van der Waals surface area contributed by atoms with E-state index in [1.807, 2.05) is 12.4 Å². The van der Waals surface area contributed by atoms with Crippen molar-refractivity contribution < 1.29 is 0 Å². The highest BCUT2D eigenvalue weighted by Crippen LogP contribution is 1.92. The van der Waals surface area contributed by atoms with Crippen LogP contribution in [0, 0.1) is 0 Å². The summed E-state index contributed by atoms with van der Waals surface area (Å²) < 4.78 is 0. The van der Waals surface area contributed by atoms with Crippen LogP contribution < -0.4 is 5.32 Å². The average Bonchev–Trinajstić information content (AvgIpc) is 2.33. The predicted octanol–water partition coefficient (Wildman–Crippen LogP) is 1.30. The van der Waals surface area contributed by atoms with Gasteiger partial charge in [0.25, 0.3) is 0 Å². The van der Waals surface area contributed by atoms with Crippen molar-refractivity contribution in [2.24, 2.45) is 0 Å². The lowest BCUT2D eigenvalue weighted by atomic mass is 10.3. The highest BCUT2D eigenvalue weighted by molar-refractivity contribution is 5.01. The molecule has 1 aromatic rings. The number of nitrogens with zero attached hydrogens (tertiary/aromatic N) is 3. The summed E-state index contributed by atoms with van der Waals surface area (Å²) in [4.78, 5) is 10.3. The average molecular weight is 222 g/mol. The van der Waals surface area contributed by atoms with Crippen molar-refractivity contribution in [3.63, 3.8) is 0 Å². The Kier molecular flexibility index (Phi) is 6.69. The van der Waals surface area contributed by atoms with E-state index in [-0.39, 0.29) is 0 Å². The molecule has 16 heavy (non-hydrogen) atoms. The molecule has 1 N–H and O–H groups in total. The zero-order valence-electron chi connectivity index (χ0n) is 10.3. The van der Waals surface area contributed by atoms with Crippen LogP contribution in [0.25, 0.3) is 0 Å². The summed E-state index contributed by atoms with van der Waals surface area (Å²) in [5.74, 6) is 0. The van der Waals surface area contributed by atoms with Gasteiger partial charge in [-0.1, -0.05) is 13.3 Å². The third-order valence-corrected chi connectivity index (χ3v) is 2.51. The van der Waals surface area contributed by atoms with Gasteiger partial charge in [0.15, 0.2) is 0 Å². The van der Waals surface area contributed by atoms with Crippen molar-refractivity contribution in [3.8, 4) is 0 Å². The van der Waals surface area contributed by atoms with Gasteiger partial charge in [-0.15, -0.1) is 0 Å². The van der Waals surface area contributed by atoms with Crippen molar-refractivity contribution in [1.29, 1.82) is 0 Å². The van der Waals surface area contributed by atoms with E-state index in [9.17, 15) is 0 Å². The molecule has 0 atom stereocenters. The topological polar surface area (TPSA) is 41.0 Å². The van der Waals surface area contributed by atoms with Gasteiger partial charge in [-0.05, 0) is 20.0 Å². The number of hydrogen-bond acceptors (Lipinski definition) is 4. The first kappa shape index (κ1) is 13.1. The molecule has 0 saturated heterocycles. The van der Waals surface area contributed by atoms with E-state index in [1.54, 1.807) is 6.33 Å². The second-order valence-corrected chi connectivity index (χ2v) is 4.08. The lowest BCUT2D eigenvalue weighted by Crippen LogP contribution is -2.29. The standard InChI is InChI=1S/C12H22N4/c1-3-4-6-16(2)7-5-13-8-12-9-14-11-15-10-12/h9-11,13H,3-8H2,1-2H3. The third-order valence-electron chi connectivity index (χ3n) is 2.51. The highest BCUT2D eigenvalue weighted by atomic mass is 15.1. The van der Waals surface area contributed by atoms with Gasteiger partial charge >= 0.3 is 0 Å². The molecule has 0 aliphatic carbocycles. The van der Waals surface area contributed by atoms with Crippen molar-refractivity contribution in [2.45, 2.75) is 26.3 Å². The fourth-order valence-corrected chi connectivity index (χ4v) is 1.46. The number of unbranched alkanes of at least 4 members (excludes halogenated alkanes) is 1. The van der Waals surface area contributed by atoms with E-state index in [0.717, 1.165) is 25.2 Å². The van der Waals surface area contributed by atoms with Gasteiger partial charge in [-0.3, -0.25) is 0 Å². The molecule has 0 amide bonds. The Balaban J connectivity index is 2.03. The van der Waals surface area contributed by atoms with E-state index < -0.39 is 0 Å². The Morgan fingerprint density at radius 1 is 1.25 bits per heavy atom. The highest BCUT2D eigenvalue weighted by Gasteiger charge is 1.97. The summed E-state index contributed by atoms with van der Waals surface area (Å²) in [5, 5.41) is 3.39. The van der Waals surface area contributed by atoms with Gasteiger partial charge in [0, 0.05) is 37.6 Å². The second kappa shape index (κ2) is 8.19. The fraction of sp³-hybridized carbons (Fsp3) is 0.667. The molecular weight excluding hydrogens is 200 g/mol. The number of hydrogen-bond donors (Lipinski definition) is 1. The maximum atomic E-state index is 3.98. The van der Waals surface area contributed by atoms with Crippen molar-refractivity contribution in [3.05, 3.63) is 24.3 Å². The summed E-state index contributed by atoms with van der Waals surface area (Å²) in [6.07, 6.45) is 7.80. The van der Waals surface area contributed by atoms with Gasteiger partial charge < -0.3 is 10.2 Å². The van der Waals surface area contributed by atoms with Crippen molar-refractivity contribution >= 4 is 0 Å². The first-order valence-corrected chi connectivity index (χ1v) is 5.96. The van der Waals surface area contributed by atoms with Gasteiger partial charge in [-0.2, -0.15) is 0 Å². The Morgan fingerprint density at radius 3 is 2.69 bits per heavy atom. The van der Waals surface area contributed by atoms with Gasteiger partial charge in [0.1, 0.15) is 6.33 Å². The molecule has 90 valence electrons. The Labute approximate surface area is 98.1 Å². The molecule has 0 fully saturated rings. The van der Waals surface area contributed by atoms with Crippen LogP contribution >= 0.6 is 0 Å². The second-order valence-electron chi connectivity index (χ2n) is 4.08. The van der Waals surface area contributed by atoms with Crippen LogP contribution in [0.3, 0.4) is 0 Å². The monoisotopic (exact) mass is 222 g/mol. The van der Waals surface area contributed by atoms with Crippen LogP contribution in [0.4, 0.5) is 0 Å². The maximum Gasteiger partial charge on any atom is 0.115 e. The molecule has 4 heteroatoms.